The van der Waals surface area contributed by atoms with E-state index in [1.165, 1.54) is 0 Å². The van der Waals surface area contributed by atoms with Crippen molar-refractivity contribution in [3.8, 4) is 0 Å². The Bertz CT molecular complexity index is 291. The molecule has 1 unspecified atom stereocenters. The molecule has 0 saturated carbocycles. The van der Waals surface area contributed by atoms with Crippen LogP contribution in [0.1, 0.15) is 27.7 Å². The number of nitrogens with zero attached hydrogens (tertiary/aromatic N) is 3. The van der Waals surface area contributed by atoms with Gasteiger partial charge in [0.05, 0.1) is 0 Å². The van der Waals surface area contributed by atoms with E-state index in [1.807, 2.05) is 12.4 Å². The Balaban J connectivity index is 2.47. The fraction of sp³-hybridized carbons (Fsp3) is 0.750. The fourth-order valence-electron chi connectivity index (χ4n) is 1.84. The highest BCUT2D eigenvalue weighted by molar-refractivity contribution is 5.27. The van der Waals surface area contributed by atoms with Crippen LogP contribution >= 0.6 is 0 Å². The van der Waals surface area contributed by atoms with Crippen LogP contribution in [-0.2, 0) is 6.54 Å². The van der Waals surface area contributed by atoms with Gasteiger partial charge in [0, 0.05) is 31.5 Å². The van der Waals surface area contributed by atoms with Gasteiger partial charge in [0.2, 0.25) is 5.95 Å². The van der Waals surface area contributed by atoms with Crippen LogP contribution in [0.3, 0.4) is 0 Å². The first kappa shape index (κ1) is 13.0. The number of nitrogens with one attached hydrogen (secondary N) is 1. The first-order chi connectivity index (χ1) is 7.71. The molecule has 4 heteroatoms. The highest BCUT2D eigenvalue weighted by atomic mass is 15.2. The largest absolute Gasteiger partial charge is 0.352 e. The number of imidazole rings is 1. The van der Waals surface area contributed by atoms with Crippen LogP contribution in [0.5, 0.6) is 0 Å². The van der Waals surface area contributed by atoms with E-state index in [2.05, 4.69) is 47.5 Å². The van der Waals surface area contributed by atoms with Gasteiger partial charge in [-0.15, -0.1) is 0 Å². The third-order valence-electron chi connectivity index (χ3n) is 2.86. The summed E-state index contributed by atoms with van der Waals surface area (Å²) in [5.41, 5.74) is 0. The SMILES string of the molecule is CCN(CC)CC(C)Nc1nccn1CC. The second kappa shape index (κ2) is 6.53. The Morgan fingerprint density at radius 2 is 2.06 bits per heavy atom. The molecular formula is C12H24N4. The highest BCUT2D eigenvalue weighted by Crippen LogP contribution is 2.06. The Morgan fingerprint density at radius 3 is 2.62 bits per heavy atom. The second-order valence-corrected chi connectivity index (χ2v) is 4.07. The Morgan fingerprint density at radius 1 is 1.38 bits per heavy atom. The molecule has 92 valence electrons. The van der Waals surface area contributed by atoms with Gasteiger partial charge in [-0.1, -0.05) is 13.8 Å². The number of anilines is 1. The second-order valence-electron chi connectivity index (χ2n) is 4.07. The summed E-state index contributed by atoms with van der Waals surface area (Å²) >= 11 is 0. The van der Waals surface area contributed by atoms with E-state index in [4.69, 9.17) is 0 Å². The van der Waals surface area contributed by atoms with E-state index < -0.39 is 0 Å². The van der Waals surface area contributed by atoms with Gasteiger partial charge >= 0.3 is 0 Å². The van der Waals surface area contributed by atoms with Crippen LogP contribution in [0, 0.1) is 0 Å². The average Bonchev–Trinajstić information content (AvgIpc) is 2.73. The molecular weight excluding hydrogens is 200 g/mol. The first-order valence-electron chi connectivity index (χ1n) is 6.21. The van der Waals surface area contributed by atoms with Crippen molar-refractivity contribution in [2.45, 2.75) is 40.3 Å². The van der Waals surface area contributed by atoms with Crippen LogP contribution in [0.25, 0.3) is 0 Å². The molecule has 0 fully saturated rings. The lowest BCUT2D eigenvalue weighted by atomic mass is 10.3. The zero-order valence-corrected chi connectivity index (χ0v) is 10.9. The molecule has 1 aromatic heterocycles. The van der Waals surface area contributed by atoms with E-state index in [0.29, 0.717) is 6.04 Å². The van der Waals surface area contributed by atoms with Crippen LogP contribution in [0.2, 0.25) is 0 Å². The van der Waals surface area contributed by atoms with Crippen LogP contribution in [0.4, 0.5) is 5.95 Å². The zero-order valence-electron chi connectivity index (χ0n) is 10.9. The van der Waals surface area contributed by atoms with Crippen LogP contribution in [0.15, 0.2) is 12.4 Å². The molecule has 0 aliphatic heterocycles. The van der Waals surface area contributed by atoms with Crippen molar-refractivity contribution in [2.24, 2.45) is 0 Å². The van der Waals surface area contributed by atoms with Crippen molar-refractivity contribution in [1.29, 1.82) is 0 Å². The van der Waals surface area contributed by atoms with E-state index in [-0.39, 0.29) is 0 Å². The van der Waals surface area contributed by atoms with Gasteiger partial charge in [-0.05, 0) is 26.9 Å². The first-order valence-corrected chi connectivity index (χ1v) is 6.21. The third-order valence-corrected chi connectivity index (χ3v) is 2.86. The van der Waals surface area contributed by atoms with E-state index in [1.54, 1.807) is 0 Å². The molecule has 1 aromatic rings. The Hall–Kier alpha value is -1.03. The summed E-state index contributed by atoms with van der Waals surface area (Å²) in [6.07, 6.45) is 3.85. The van der Waals surface area contributed by atoms with Crippen molar-refractivity contribution in [1.82, 2.24) is 14.5 Å². The molecule has 0 aliphatic carbocycles. The summed E-state index contributed by atoms with van der Waals surface area (Å²) < 4.78 is 2.12. The molecule has 16 heavy (non-hydrogen) atoms. The Labute approximate surface area is 98.7 Å². The number of likely N-dealkylation sites (N-methyl/N-ethyl adjacent to an activating group) is 1. The molecule has 1 N–H and O–H groups in total. The molecule has 1 atom stereocenters. The monoisotopic (exact) mass is 224 g/mol. The highest BCUT2D eigenvalue weighted by Gasteiger charge is 2.09. The van der Waals surface area contributed by atoms with E-state index >= 15 is 0 Å². The molecule has 4 nitrogen and oxygen atoms in total. The van der Waals surface area contributed by atoms with Crippen molar-refractivity contribution < 1.29 is 0 Å². The number of aryl methyl sites for hydroxylation is 1. The van der Waals surface area contributed by atoms with Gasteiger partial charge in [-0.25, -0.2) is 4.98 Å². The van der Waals surface area contributed by atoms with Crippen molar-refractivity contribution in [3.63, 3.8) is 0 Å². The zero-order chi connectivity index (χ0) is 12.0. The molecule has 0 saturated heterocycles. The minimum atomic E-state index is 0.424. The summed E-state index contributed by atoms with van der Waals surface area (Å²) in [6, 6.07) is 0.424. The van der Waals surface area contributed by atoms with Crippen molar-refractivity contribution >= 4 is 5.95 Å². The normalized spacial score (nSPS) is 13.1. The van der Waals surface area contributed by atoms with Crippen LogP contribution < -0.4 is 5.32 Å². The molecule has 1 rings (SSSR count). The summed E-state index contributed by atoms with van der Waals surface area (Å²) in [6.45, 7) is 12.9. The molecule has 0 spiro atoms. The smallest absolute Gasteiger partial charge is 0.203 e. The van der Waals surface area contributed by atoms with Crippen molar-refractivity contribution in [3.05, 3.63) is 12.4 Å². The molecule has 0 aliphatic rings. The quantitative estimate of drug-likeness (QED) is 0.769. The molecule has 0 amide bonds. The topological polar surface area (TPSA) is 33.1 Å². The summed E-state index contributed by atoms with van der Waals surface area (Å²) in [4.78, 5) is 6.73. The maximum atomic E-state index is 4.32. The predicted octanol–water partition coefficient (Wildman–Crippen LogP) is 2.05. The minimum Gasteiger partial charge on any atom is -0.352 e. The lowest BCUT2D eigenvalue weighted by molar-refractivity contribution is 0.294. The predicted molar refractivity (Wildman–Crippen MR) is 68.8 cm³/mol. The van der Waals surface area contributed by atoms with Gasteiger partial charge < -0.3 is 14.8 Å². The molecule has 1 heterocycles. The minimum absolute atomic E-state index is 0.424. The van der Waals surface area contributed by atoms with E-state index in [0.717, 1.165) is 32.1 Å². The number of hydrogen-bond acceptors (Lipinski definition) is 3. The molecule has 0 aromatic carbocycles. The number of rotatable bonds is 7. The maximum Gasteiger partial charge on any atom is 0.203 e. The summed E-state index contributed by atoms with van der Waals surface area (Å²) in [5.74, 6) is 0.974. The van der Waals surface area contributed by atoms with E-state index in [9.17, 15) is 0 Å². The maximum absolute atomic E-state index is 4.32. The number of hydrogen-bond donors (Lipinski definition) is 1. The lowest BCUT2D eigenvalue weighted by Crippen LogP contribution is -2.35. The standard InChI is InChI=1S/C12H24N4/c1-5-15(6-2)10-11(4)14-12-13-8-9-16(12)7-3/h8-9,11H,5-7,10H2,1-4H3,(H,13,14). The molecule has 0 radical (unpaired) electrons. The lowest BCUT2D eigenvalue weighted by Gasteiger charge is -2.23. The summed E-state index contributed by atoms with van der Waals surface area (Å²) in [5, 5.41) is 3.45. The van der Waals surface area contributed by atoms with Crippen LogP contribution in [-0.4, -0.2) is 40.1 Å². The van der Waals surface area contributed by atoms with Gasteiger partial charge in [-0.3, -0.25) is 0 Å². The Kier molecular flexibility index (Phi) is 5.32. The average molecular weight is 224 g/mol. The number of aromatic nitrogens is 2. The van der Waals surface area contributed by atoms with Gasteiger partial charge in [0.25, 0.3) is 0 Å². The fourth-order valence-corrected chi connectivity index (χ4v) is 1.84. The third kappa shape index (κ3) is 3.52. The van der Waals surface area contributed by atoms with Gasteiger partial charge in [-0.2, -0.15) is 0 Å². The van der Waals surface area contributed by atoms with Crippen molar-refractivity contribution in [2.75, 3.05) is 25.0 Å². The molecule has 0 bridgehead atoms. The summed E-state index contributed by atoms with van der Waals surface area (Å²) in [7, 11) is 0. The van der Waals surface area contributed by atoms with Gasteiger partial charge in [0.15, 0.2) is 0 Å². The van der Waals surface area contributed by atoms with Gasteiger partial charge in [0.1, 0.15) is 0 Å².